The van der Waals surface area contributed by atoms with Gasteiger partial charge in [-0.15, -0.1) is 0 Å². The second-order valence-corrected chi connectivity index (χ2v) is 7.61. The molecule has 2 aromatic carbocycles. The molecule has 0 aliphatic carbocycles. The van der Waals surface area contributed by atoms with Gasteiger partial charge >= 0.3 is 0 Å². The maximum absolute atomic E-state index is 12.9. The molecule has 4 aromatic rings. The van der Waals surface area contributed by atoms with Crippen LogP contribution >= 0.6 is 0 Å². The molecule has 1 aliphatic rings. The topological polar surface area (TPSA) is 114 Å². The predicted molar refractivity (Wildman–Crippen MR) is 121 cm³/mol. The molecule has 0 unspecified atom stereocenters. The number of nitrogens with zero attached hydrogens (tertiary/aromatic N) is 5. The van der Waals surface area contributed by atoms with E-state index in [0.29, 0.717) is 33.7 Å². The number of ether oxygens (including phenoxy) is 1. The maximum Gasteiger partial charge on any atom is 0.259 e. The van der Waals surface area contributed by atoms with Crippen molar-refractivity contribution in [3.05, 3.63) is 70.4 Å². The van der Waals surface area contributed by atoms with Crippen LogP contribution in [0.5, 0.6) is 5.75 Å². The second kappa shape index (κ2) is 7.04. The van der Waals surface area contributed by atoms with Crippen LogP contribution in [0.4, 0.5) is 5.69 Å². The number of aromatic nitrogens is 2. The van der Waals surface area contributed by atoms with E-state index >= 15 is 0 Å². The van der Waals surface area contributed by atoms with Crippen molar-refractivity contribution >= 4 is 50.5 Å². The Balaban J connectivity index is 1.80. The third-order valence-corrected chi connectivity index (χ3v) is 5.80. The molecular formula is C23H18N6O3. The third-order valence-electron chi connectivity index (χ3n) is 5.80. The Labute approximate surface area is 182 Å². The van der Waals surface area contributed by atoms with Gasteiger partial charge in [-0.2, -0.15) is 0 Å². The molecule has 0 bridgehead atoms. The molecule has 3 heterocycles. The van der Waals surface area contributed by atoms with Gasteiger partial charge in [-0.3, -0.25) is 14.9 Å². The van der Waals surface area contributed by atoms with Gasteiger partial charge < -0.3 is 13.9 Å². The van der Waals surface area contributed by atoms with Crippen LogP contribution in [0.3, 0.4) is 0 Å². The summed E-state index contributed by atoms with van der Waals surface area (Å²) in [5, 5.41) is 7.73. The third kappa shape index (κ3) is 2.76. The van der Waals surface area contributed by atoms with Crippen molar-refractivity contribution in [3.63, 3.8) is 0 Å². The summed E-state index contributed by atoms with van der Waals surface area (Å²) in [5.41, 5.74) is 12.8. The average Bonchev–Trinajstić information content (AvgIpc) is 3.38. The largest absolute Gasteiger partial charge is 0.497 e. The monoisotopic (exact) mass is 426 g/mol. The SMILES string of the molecule is COc1ccc2c(C3=C(c4cn(C)c5cc(N=[N+]=[N-])ccc45)C(=O)NC3=O)cn(C)c2c1. The molecule has 1 aliphatic heterocycles. The van der Waals surface area contributed by atoms with Crippen LogP contribution in [0.1, 0.15) is 11.1 Å². The Morgan fingerprint density at radius 2 is 1.47 bits per heavy atom. The van der Waals surface area contributed by atoms with Crippen LogP contribution in [0.25, 0.3) is 43.4 Å². The van der Waals surface area contributed by atoms with E-state index in [1.54, 1.807) is 25.3 Å². The van der Waals surface area contributed by atoms with Crippen molar-refractivity contribution in [2.24, 2.45) is 19.2 Å². The molecule has 0 atom stereocenters. The zero-order valence-corrected chi connectivity index (χ0v) is 17.6. The number of fused-ring (bicyclic) bond motifs is 2. The summed E-state index contributed by atoms with van der Waals surface area (Å²) >= 11 is 0. The lowest BCUT2D eigenvalue weighted by Crippen LogP contribution is -2.22. The molecule has 9 heteroatoms. The van der Waals surface area contributed by atoms with Crippen LogP contribution in [0.2, 0.25) is 0 Å². The van der Waals surface area contributed by atoms with Crippen molar-refractivity contribution in [2.75, 3.05) is 7.11 Å². The molecule has 32 heavy (non-hydrogen) atoms. The predicted octanol–water partition coefficient (Wildman–Crippen LogP) is 4.19. The summed E-state index contributed by atoms with van der Waals surface area (Å²) < 4.78 is 9.08. The van der Waals surface area contributed by atoms with Crippen molar-refractivity contribution in [3.8, 4) is 5.75 Å². The zero-order chi connectivity index (χ0) is 22.6. The van der Waals surface area contributed by atoms with E-state index in [9.17, 15) is 9.59 Å². The lowest BCUT2D eigenvalue weighted by Gasteiger charge is -2.04. The van der Waals surface area contributed by atoms with Gasteiger partial charge in [-0.25, -0.2) is 0 Å². The van der Waals surface area contributed by atoms with Gasteiger partial charge in [0.1, 0.15) is 5.75 Å². The molecule has 0 fully saturated rings. The fourth-order valence-corrected chi connectivity index (χ4v) is 4.34. The van der Waals surface area contributed by atoms with Crippen molar-refractivity contribution in [2.45, 2.75) is 0 Å². The van der Waals surface area contributed by atoms with E-state index in [2.05, 4.69) is 15.3 Å². The number of azide groups is 1. The molecule has 0 radical (unpaired) electrons. The summed E-state index contributed by atoms with van der Waals surface area (Å²) in [4.78, 5) is 28.7. The van der Waals surface area contributed by atoms with Gasteiger partial charge in [0.15, 0.2) is 0 Å². The highest BCUT2D eigenvalue weighted by atomic mass is 16.5. The van der Waals surface area contributed by atoms with Gasteiger partial charge in [-0.1, -0.05) is 17.2 Å². The van der Waals surface area contributed by atoms with E-state index < -0.39 is 11.8 Å². The fraction of sp³-hybridized carbons (Fsp3) is 0.130. The highest BCUT2D eigenvalue weighted by Crippen LogP contribution is 2.39. The molecule has 158 valence electrons. The molecule has 2 aromatic heterocycles. The lowest BCUT2D eigenvalue weighted by atomic mass is 9.95. The Morgan fingerprint density at radius 3 is 2.03 bits per heavy atom. The van der Waals surface area contributed by atoms with Crippen LogP contribution in [-0.2, 0) is 23.7 Å². The highest BCUT2D eigenvalue weighted by molar-refractivity contribution is 6.50. The minimum Gasteiger partial charge on any atom is -0.497 e. The van der Waals surface area contributed by atoms with E-state index in [4.69, 9.17) is 10.3 Å². The molecule has 1 N–H and O–H groups in total. The summed E-state index contributed by atoms with van der Waals surface area (Å²) in [6.45, 7) is 0. The number of imide groups is 1. The van der Waals surface area contributed by atoms with E-state index in [0.717, 1.165) is 21.8 Å². The summed E-state index contributed by atoms with van der Waals surface area (Å²) in [6, 6.07) is 10.8. The van der Waals surface area contributed by atoms with Gasteiger partial charge in [0.2, 0.25) is 0 Å². The quantitative estimate of drug-likeness (QED) is 0.228. The number of amides is 2. The molecular weight excluding hydrogens is 408 g/mol. The van der Waals surface area contributed by atoms with Crippen LogP contribution in [0.15, 0.2) is 53.9 Å². The minimum absolute atomic E-state index is 0.320. The lowest BCUT2D eigenvalue weighted by molar-refractivity contribution is -0.122. The number of nitrogens with one attached hydrogen (secondary N) is 1. The van der Waals surface area contributed by atoms with E-state index in [1.807, 2.05) is 53.8 Å². The fourth-order valence-electron chi connectivity index (χ4n) is 4.34. The first kappa shape index (κ1) is 19.5. The molecule has 0 saturated heterocycles. The first-order valence-electron chi connectivity index (χ1n) is 9.81. The molecule has 2 amide bonds. The summed E-state index contributed by atoms with van der Waals surface area (Å²) in [6.07, 6.45) is 3.66. The average molecular weight is 426 g/mol. The van der Waals surface area contributed by atoms with Gasteiger partial charge in [0.05, 0.1) is 23.8 Å². The number of aryl methyl sites for hydroxylation is 2. The zero-order valence-electron chi connectivity index (χ0n) is 17.6. The number of methoxy groups -OCH3 is 1. The number of hydrogen-bond donors (Lipinski definition) is 1. The number of rotatable bonds is 4. The molecule has 9 nitrogen and oxygen atoms in total. The van der Waals surface area contributed by atoms with E-state index in [-0.39, 0.29) is 0 Å². The standard InChI is InChI=1S/C23H18N6O3/c1-28-10-16(14-6-4-12(26-27-24)8-18(14)28)20-21(23(31)25-22(20)30)17-11-29(2)19-9-13(32-3)5-7-15(17)19/h4-11H,1-3H3,(H,25,30,31). The normalized spacial score (nSPS) is 13.7. The summed E-state index contributed by atoms with van der Waals surface area (Å²) in [7, 11) is 5.32. The van der Waals surface area contributed by atoms with Gasteiger partial charge in [0, 0.05) is 70.6 Å². The van der Waals surface area contributed by atoms with Gasteiger partial charge in [0.25, 0.3) is 11.8 Å². The van der Waals surface area contributed by atoms with E-state index in [1.165, 1.54) is 0 Å². The van der Waals surface area contributed by atoms with Crippen molar-refractivity contribution in [1.82, 2.24) is 14.5 Å². The smallest absolute Gasteiger partial charge is 0.259 e. The van der Waals surface area contributed by atoms with Crippen LogP contribution < -0.4 is 10.1 Å². The first-order valence-corrected chi connectivity index (χ1v) is 9.81. The highest BCUT2D eigenvalue weighted by Gasteiger charge is 2.35. The molecule has 0 saturated carbocycles. The Morgan fingerprint density at radius 1 is 0.906 bits per heavy atom. The number of carbonyl (C=O) groups is 2. The number of hydrogen-bond acceptors (Lipinski definition) is 4. The Hall–Kier alpha value is -4.49. The number of carbonyl (C=O) groups excluding carboxylic acids is 2. The molecule has 5 rings (SSSR count). The second-order valence-electron chi connectivity index (χ2n) is 7.61. The summed E-state index contributed by atoms with van der Waals surface area (Å²) in [5.74, 6) is -0.172. The van der Waals surface area contributed by atoms with Crippen LogP contribution in [0, 0.1) is 0 Å². The maximum atomic E-state index is 12.9. The first-order chi connectivity index (χ1) is 15.4. The van der Waals surface area contributed by atoms with Crippen molar-refractivity contribution < 1.29 is 14.3 Å². The Bertz CT molecular complexity index is 1550. The Kier molecular flexibility index (Phi) is 4.28. The van der Waals surface area contributed by atoms with Crippen LogP contribution in [-0.4, -0.2) is 28.1 Å². The molecule has 0 spiro atoms. The van der Waals surface area contributed by atoms with Crippen molar-refractivity contribution in [1.29, 1.82) is 0 Å². The minimum atomic E-state index is -0.442. The number of benzene rings is 2. The van der Waals surface area contributed by atoms with Gasteiger partial charge in [-0.05, 0) is 23.7 Å².